The topological polar surface area (TPSA) is 76.3 Å². The van der Waals surface area contributed by atoms with E-state index in [1.807, 2.05) is 54.6 Å². The summed E-state index contributed by atoms with van der Waals surface area (Å²) < 4.78 is 2.28. The number of benzene rings is 7. The van der Waals surface area contributed by atoms with E-state index in [1.54, 1.807) is 0 Å². The molecule has 52 heavy (non-hydrogen) atoms. The van der Waals surface area contributed by atoms with E-state index >= 15 is 0 Å². The fourth-order valence-electron chi connectivity index (χ4n) is 7.52. The molecule has 0 N–H and O–H groups in total. The summed E-state index contributed by atoms with van der Waals surface area (Å²) in [7, 11) is 0. The van der Waals surface area contributed by atoms with Crippen LogP contribution in [0.4, 0.5) is 0 Å². The average molecular weight is 665 g/mol. The summed E-state index contributed by atoms with van der Waals surface area (Å²) in [6.45, 7) is 2.07. The molecule has 7 aromatic carbocycles. The fourth-order valence-corrected chi connectivity index (χ4v) is 7.52. The molecule has 8 aromatic rings. The Morgan fingerprint density at radius 2 is 1.12 bits per heavy atom. The lowest BCUT2D eigenvalue weighted by atomic mass is 9.87. The third-order valence-electron chi connectivity index (χ3n) is 10.1. The SMILES string of the molecule is Cc1ccc(C#N)cc1-c1ccccc1CCc1cccc(C#N)c1-c1ccc(C#N)c(-c2ccc(-n3c4ccccc4c4ccccc43)cc2)c1. The maximum atomic E-state index is 10.3. The number of hydrogen-bond acceptors (Lipinski definition) is 3. The van der Waals surface area contributed by atoms with E-state index in [9.17, 15) is 15.8 Å². The number of nitriles is 3. The van der Waals surface area contributed by atoms with Gasteiger partial charge in [-0.2, -0.15) is 15.8 Å². The second kappa shape index (κ2) is 13.6. The zero-order valence-corrected chi connectivity index (χ0v) is 28.6. The van der Waals surface area contributed by atoms with E-state index in [2.05, 4.69) is 127 Å². The highest BCUT2D eigenvalue weighted by Crippen LogP contribution is 2.37. The van der Waals surface area contributed by atoms with Gasteiger partial charge in [-0.1, -0.05) is 97.1 Å². The minimum atomic E-state index is 0.577. The van der Waals surface area contributed by atoms with Crippen LogP contribution in [0.25, 0.3) is 60.9 Å². The summed E-state index contributed by atoms with van der Waals surface area (Å²) in [5.74, 6) is 0. The number of aryl methyl sites for hydroxylation is 3. The van der Waals surface area contributed by atoms with Crippen molar-refractivity contribution < 1.29 is 0 Å². The molecule has 0 radical (unpaired) electrons. The van der Waals surface area contributed by atoms with Crippen molar-refractivity contribution in [1.29, 1.82) is 15.8 Å². The molecule has 0 unspecified atom stereocenters. The van der Waals surface area contributed by atoms with Crippen molar-refractivity contribution in [2.45, 2.75) is 19.8 Å². The van der Waals surface area contributed by atoms with E-state index in [0.29, 0.717) is 23.1 Å². The van der Waals surface area contributed by atoms with Gasteiger partial charge in [-0.05, 0) is 113 Å². The molecule has 0 aliphatic carbocycles. The van der Waals surface area contributed by atoms with Gasteiger partial charge in [-0.25, -0.2) is 0 Å². The number of fused-ring (bicyclic) bond motifs is 3. The van der Waals surface area contributed by atoms with Crippen LogP contribution in [0.3, 0.4) is 0 Å². The Bertz CT molecular complexity index is 2730. The highest BCUT2D eigenvalue weighted by atomic mass is 15.0. The lowest BCUT2D eigenvalue weighted by Crippen LogP contribution is -2.00. The quantitative estimate of drug-likeness (QED) is 0.170. The molecule has 0 aliphatic heterocycles. The van der Waals surface area contributed by atoms with Crippen LogP contribution < -0.4 is 0 Å². The Balaban J connectivity index is 1.16. The number of rotatable bonds is 7. The molecule has 0 fully saturated rings. The third kappa shape index (κ3) is 5.68. The van der Waals surface area contributed by atoms with Crippen LogP contribution in [0.5, 0.6) is 0 Å². The zero-order chi connectivity index (χ0) is 35.6. The standard InChI is InChI=1S/C48H32N4/c1-32-17-18-33(29-49)27-44(32)41-12-3-2-9-34(41)19-20-36-10-8-11-39(31-51)48(36)37-21-22-38(30-50)45(28-37)35-23-25-40(26-24-35)52-46-15-6-4-13-42(46)43-14-5-7-16-47(43)52/h2-18,21-28H,19-20H2,1H3. The normalized spacial score (nSPS) is 10.9. The molecule has 0 saturated carbocycles. The van der Waals surface area contributed by atoms with Crippen molar-refractivity contribution in [2.24, 2.45) is 0 Å². The molecule has 0 spiro atoms. The number of aromatic nitrogens is 1. The monoisotopic (exact) mass is 664 g/mol. The second-order valence-corrected chi connectivity index (χ2v) is 13.0. The third-order valence-corrected chi connectivity index (χ3v) is 10.1. The highest BCUT2D eigenvalue weighted by Gasteiger charge is 2.17. The summed E-state index contributed by atoms with van der Waals surface area (Å²) >= 11 is 0. The molecule has 0 amide bonds. The molecule has 4 heteroatoms. The van der Waals surface area contributed by atoms with E-state index in [4.69, 9.17) is 0 Å². The lowest BCUT2D eigenvalue weighted by Gasteiger charge is -2.16. The Morgan fingerprint density at radius 1 is 0.481 bits per heavy atom. The van der Waals surface area contributed by atoms with E-state index in [1.165, 1.54) is 16.3 Å². The minimum absolute atomic E-state index is 0.577. The maximum Gasteiger partial charge on any atom is 0.0998 e. The Hall–Kier alpha value is -7.19. The number of nitrogens with zero attached hydrogens (tertiary/aromatic N) is 4. The lowest BCUT2D eigenvalue weighted by molar-refractivity contribution is 0.963. The first-order chi connectivity index (χ1) is 25.6. The van der Waals surface area contributed by atoms with E-state index in [0.717, 1.165) is 67.6 Å². The van der Waals surface area contributed by atoms with Crippen molar-refractivity contribution in [3.8, 4) is 57.3 Å². The van der Waals surface area contributed by atoms with Crippen molar-refractivity contribution in [1.82, 2.24) is 4.57 Å². The van der Waals surface area contributed by atoms with Crippen LogP contribution >= 0.6 is 0 Å². The van der Waals surface area contributed by atoms with Crippen LogP contribution in [0.15, 0.2) is 152 Å². The summed E-state index contributed by atoms with van der Waals surface area (Å²) in [6.07, 6.45) is 1.46. The van der Waals surface area contributed by atoms with E-state index < -0.39 is 0 Å². The first kappa shape index (κ1) is 32.0. The van der Waals surface area contributed by atoms with Gasteiger partial charge in [0.1, 0.15) is 0 Å². The summed E-state index contributed by atoms with van der Waals surface area (Å²) in [5.41, 5.74) is 14.2. The number of para-hydroxylation sites is 2. The Kier molecular flexibility index (Phi) is 8.39. The smallest absolute Gasteiger partial charge is 0.0998 e. The molecular weight excluding hydrogens is 633 g/mol. The van der Waals surface area contributed by atoms with Crippen molar-refractivity contribution in [3.05, 3.63) is 185 Å². The largest absolute Gasteiger partial charge is 0.309 e. The molecule has 8 rings (SSSR count). The van der Waals surface area contributed by atoms with Crippen molar-refractivity contribution in [2.75, 3.05) is 0 Å². The molecular formula is C48H32N4. The average Bonchev–Trinajstić information content (AvgIpc) is 3.54. The van der Waals surface area contributed by atoms with Gasteiger partial charge < -0.3 is 4.57 Å². The number of hydrogen-bond donors (Lipinski definition) is 0. The maximum absolute atomic E-state index is 10.3. The van der Waals surface area contributed by atoms with Gasteiger partial charge in [0.05, 0.1) is 45.9 Å². The summed E-state index contributed by atoms with van der Waals surface area (Å²) in [4.78, 5) is 0. The molecule has 1 heterocycles. The van der Waals surface area contributed by atoms with Gasteiger partial charge in [-0.15, -0.1) is 0 Å². The molecule has 0 bridgehead atoms. The second-order valence-electron chi connectivity index (χ2n) is 13.0. The first-order valence-electron chi connectivity index (χ1n) is 17.3. The molecule has 0 aliphatic rings. The van der Waals surface area contributed by atoms with Gasteiger partial charge in [0, 0.05) is 27.6 Å². The minimum Gasteiger partial charge on any atom is -0.309 e. The van der Waals surface area contributed by atoms with Crippen LogP contribution in [0, 0.1) is 40.9 Å². The summed E-state index contributed by atoms with van der Waals surface area (Å²) in [6, 6.07) is 58.3. The molecule has 0 atom stereocenters. The van der Waals surface area contributed by atoms with Crippen molar-refractivity contribution >= 4 is 21.8 Å². The van der Waals surface area contributed by atoms with Crippen molar-refractivity contribution in [3.63, 3.8) is 0 Å². The predicted octanol–water partition coefficient (Wildman–Crippen LogP) is 11.5. The van der Waals surface area contributed by atoms with Gasteiger partial charge >= 0.3 is 0 Å². The van der Waals surface area contributed by atoms with Crippen LogP contribution in [-0.2, 0) is 12.8 Å². The van der Waals surface area contributed by atoms with Gasteiger partial charge in [0.25, 0.3) is 0 Å². The molecule has 244 valence electrons. The predicted molar refractivity (Wildman–Crippen MR) is 210 cm³/mol. The fraction of sp³-hybridized carbons (Fsp3) is 0.0625. The Morgan fingerprint density at radius 3 is 1.83 bits per heavy atom. The summed E-state index contributed by atoms with van der Waals surface area (Å²) in [5, 5.41) is 32.5. The van der Waals surface area contributed by atoms with Gasteiger partial charge in [0.2, 0.25) is 0 Å². The molecule has 0 saturated heterocycles. The molecule has 1 aromatic heterocycles. The van der Waals surface area contributed by atoms with E-state index in [-0.39, 0.29) is 0 Å². The van der Waals surface area contributed by atoms with Crippen LogP contribution in [0.1, 0.15) is 33.4 Å². The highest BCUT2D eigenvalue weighted by molar-refractivity contribution is 6.09. The Labute approximate surface area is 303 Å². The van der Waals surface area contributed by atoms with Crippen LogP contribution in [-0.4, -0.2) is 4.57 Å². The van der Waals surface area contributed by atoms with Gasteiger partial charge in [0.15, 0.2) is 0 Å². The molecule has 4 nitrogen and oxygen atoms in total. The zero-order valence-electron chi connectivity index (χ0n) is 28.6. The first-order valence-corrected chi connectivity index (χ1v) is 17.3. The van der Waals surface area contributed by atoms with Crippen LogP contribution in [0.2, 0.25) is 0 Å². The van der Waals surface area contributed by atoms with Gasteiger partial charge in [-0.3, -0.25) is 0 Å².